The summed E-state index contributed by atoms with van der Waals surface area (Å²) in [6, 6.07) is 14.6. The number of carbonyl (C=O) groups is 2. The predicted molar refractivity (Wildman–Crippen MR) is 108 cm³/mol. The highest BCUT2D eigenvalue weighted by atomic mass is 16.2. The molecule has 1 saturated heterocycles. The Kier molecular flexibility index (Phi) is 6.08. The lowest BCUT2D eigenvalue weighted by Crippen LogP contribution is -2.46. The van der Waals surface area contributed by atoms with Gasteiger partial charge in [-0.1, -0.05) is 42.3 Å². The van der Waals surface area contributed by atoms with Gasteiger partial charge in [0.1, 0.15) is 0 Å². The smallest absolute Gasteiger partial charge is 0.316 e. The Morgan fingerprint density at radius 2 is 1.81 bits per heavy atom. The van der Waals surface area contributed by atoms with E-state index in [2.05, 4.69) is 46.7 Å². The number of urea groups is 1. The van der Waals surface area contributed by atoms with Gasteiger partial charge in [0, 0.05) is 17.9 Å². The molecular weight excluding hydrogens is 340 g/mol. The topological polar surface area (TPSA) is 87.5 Å². The molecule has 2 aromatic rings. The van der Waals surface area contributed by atoms with Gasteiger partial charge in [-0.05, 0) is 50.1 Å². The molecule has 0 aromatic heterocycles. The highest BCUT2D eigenvalue weighted by Crippen LogP contribution is 2.22. The molecule has 142 valence electrons. The van der Waals surface area contributed by atoms with E-state index in [0.29, 0.717) is 11.4 Å². The summed E-state index contributed by atoms with van der Waals surface area (Å²) in [5, 5.41) is 5.50. The molecular formula is C21H26N4O2. The molecule has 0 aliphatic carbocycles. The van der Waals surface area contributed by atoms with E-state index in [9.17, 15) is 9.59 Å². The minimum absolute atomic E-state index is 0.0152. The van der Waals surface area contributed by atoms with Crippen molar-refractivity contribution in [1.29, 1.82) is 0 Å². The minimum atomic E-state index is -0.630. The third-order valence-electron chi connectivity index (χ3n) is 4.78. The Balaban J connectivity index is 1.69. The highest BCUT2D eigenvalue weighted by molar-refractivity contribution is 5.96. The molecule has 1 fully saturated rings. The number of hydrogen-bond donors (Lipinski definition) is 3. The number of primary amides is 1. The van der Waals surface area contributed by atoms with Crippen molar-refractivity contribution in [2.75, 3.05) is 17.2 Å². The first kappa shape index (κ1) is 18.9. The summed E-state index contributed by atoms with van der Waals surface area (Å²) < 4.78 is 0. The average Bonchev–Trinajstić information content (AvgIpc) is 2.62. The fourth-order valence-electron chi connectivity index (χ4n) is 3.56. The number of nitrogens with two attached hydrogens (primary N) is 1. The van der Waals surface area contributed by atoms with Gasteiger partial charge in [0.05, 0.1) is 6.04 Å². The van der Waals surface area contributed by atoms with Crippen molar-refractivity contribution in [3.8, 4) is 0 Å². The molecule has 0 saturated carbocycles. The van der Waals surface area contributed by atoms with Crippen molar-refractivity contribution in [3.05, 3.63) is 59.7 Å². The van der Waals surface area contributed by atoms with Gasteiger partial charge >= 0.3 is 6.03 Å². The zero-order chi connectivity index (χ0) is 19.2. The molecule has 0 spiro atoms. The zero-order valence-electron chi connectivity index (χ0n) is 15.6. The molecule has 0 bridgehead atoms. The number of nitrogens with zero attached hydrogens (tertiary/aromatic N) is 1. The van der Waals surface area contributed by atoms with Crippen LogP contribution >= 0.6 is 0 Å². The van der Waals surface area contributed by atoms with E-state index in [1.807, 2.05) is 0 Å². The van der Waals surface area contributed by atoms with E-state index in [-0.39, 0.29) is 11.9 Å². The van der Waals surface area contributed by atoms with E-state index in [1.165, 1.54) is 11.1 Å². The Labute approximate surface area is 159 Å². The number of hydrogen-bond acceptors (Lipinski definition) is 3. The summed E-state index contributed by atoms with van der Waals surface area (Å²) in [5.41, 5.74) is 8.80. The van der Waals surface area contributed by atoms with E-state index >= 15 is 0 Å². The van der Waals surface area contributed by atoms with Crippen LogP contribution in [0.4, 0.5) is 16.2 Å². The third kappa shape index (κ3) is 5.31. The van der Waals surface area contributed by atoms with Gasteiger partial charge < -0.3 is 16.4 Å². The molecule has 1 heterocycles. The van der Waals surface area contributed by atoms with Gasteiger partial charge in [-0.2, -0.15) is 0 Å². The number of carbonyl (C=O) groups excluding carboxylic acids is 2. The van der Waals surface area contributed by atoms with Gasteiger partial charge in [0.2, 0.25) is 5.91 Å². The normalized spacial score (nSPS) is 17.3. The predicted octanol–water partition coefficient (Wildman–Crippen LogP) is 3.48. The average molecular weight is 366 g/mol. The molecule has 6 nitrogen and oxygen atoms in total. The number of piperidine rings is 1. The molecule has 1 unspecified atom stereocenters. The molecule has 3 amide bonds. The molecule has 2 aromatic carbocycles. The summed E-state index contributed by atoms with van der Waals surface area (Å²) in [7, 11) is 0. The lowest BCUT2D eigenvalue weighted by molar-refractivity contribution is -0.122. The monoisotopic (exact) mass is 366 g/mol. The van der Waals surface area contributed by atoms with Crippen LogP contribution in [-0.2, 0) is 11.3 Å². The molecule has 1 aliphatic rings. The second-order valence-electron chi connectivity index (χ2n) is 7.03. The maximum Gasteiger partial charge on any atom is 0.316 e. The number of anilines is 2. The van der Waals surface area contributed by atoms with Gasteiger partial charge in [0.15, 0.2) is 0 Å². The van der Waals surface area contributed by atoms with Gasteiger partial charge in [-0.25, -0.2) is 4.79 Å². The van der Waals surface area contributed by atoms with Crippen molar-refractivity contribution < 1.29 is 9.59 Å². The summed E-state index contributed by atoms with van der Waals surface area (Å²) in [5.74, 6) is -0.0152. The lowest BCUT2D eigenvalue weighted by atomic mass is 10.00. The van der Waals surface area contributed by atoms with Crippen molar-refractivity contribution in [1.82, 2.24) is 4.90 Å². The Hall–Kier alpha value is -2.86. The first-order chi connectivity index (χ1) is 13.0. The second-order valence-corrected chi connectivity index (χ2v) is 7.03. The zero-order valence-corrected chi connectivity index (χ0v) is 15.6. The van der Waals surface area contributed by atoms with Crippen LogP contribution < -0.4 is 16.4 Å². The van der Waals surface area contributed by atoms with E-state index in [1.54, 1.807) is 24.3 Å². The lowest BCUT2D eigenvalue weighted by Gasteiger charge is -2.34. The van der Waals surface area contributed by atoms with Gasteiger partial charge in [0.25, 0.3) is 0 Å². The summed E-state index contributed by atoms with van der Waals surface area (Å²) in [6.07, 6.45) is 3.00. The fraction of sp³-hybridized carbons (Fsp3) is 0.333. The van der Waals surface area contributed by atoms with E-state index in [4.69, 9.17) is 5.73 Å². The molecule has 6 heteroatoms. The van der Waals surface area contributed by atoms with Crippen LogP contribution in [0.2, 0.25) is 0 Å². The standard InChI is InChI=1S/C21H26N4O2/c1-15-6-4-7-16(12-15)14-25-11-3-2-10-19(25)20(26)23-17-8-5-9-18(13-17)24-21(22)27/h4-9,12-13,19H,2-3,10-11,14H2,1H3,(H,23,26)(H3,22,24,27). The van der Waals surface area contributed by atoms with E-state index < -0.39 is 6.03 Å². The summed E-state index contributed by atoms with van der Waals surface area (Å²) in [6.45, 7) is 3.76. The number of rotatable bonds is 5. The Morgan fingerprint density at radius 1 is 1.07 bits per heavy atom. The minimum Gasteiger partial charge on any atom is -0.351 e. The number of amides is 3. The maximum atomic E-state index is 12.9. The number of aryl methyl sites for hydroxylation is 1. The van der Waals surface area contributed by atoms with Gasteiger partial charge in [-0.3, -0.25) is 9.69 Å². The molecule has 27 heavy (non-hydrogen) atoms. The Morgan fingerprint density at radius 3 is 2.56 bits per heavy atom. The highest BCUT2D eigenvalue weighted by Gasteiger charge is 2.28. The number of benzene rings is 2. The van der Waals surface area contributed by atoms with Gasteiger partial charge in [-0.15, -0.1) is 0 Å². The fourth-order valence-corrected chi connectivity index (χ4v) is 3.56. The van der Waals surface area contributed by atoms with Crippen LogP contribution in [0.3, 0.4) is 0 Å². The second kappa shape index (κ2) is 8.68. The summed E-state index contributed by atoms with van der Waals surface area (Å²) >= 11 is 0. The van der Waals surface area contributed by atoms with Crippen LogP contribution in [0.1, 0.15) is 30.4 Å². The first-order valence-corrected chi connectivity index (χ1v) is 9.28. The van der Waals surface area contributed by atoms with Crippen LogP contribution in [0.5, 0.6) is 0 Å². The molecule has 4 N–H and O–H groups in total. The van der Waals surface area contributed by atoms with Crippen molar-refractivity contribution in [3.63, 3.8) is 0 Å². The van der Waals surface area contributed by atoms with Crippen molar-refractivity contribution in [2.24, 2.45) is 5.73 Å². The SMILES string of the molecule is Cc1cccc(CN2CCCCC2C(=O)Nc2cccc(NC(N)=O)c2)c1. The molecule has 1 aliphatic heterocycles. The largest absolute Gasteiger partial charge is 0.351 e. The number of likely N-dealkylation sites (tertiary alicyclic amines) is 1. The van der Waals surface area contributed by atoms with Crippen LogP contribution in [-0.4, -0.2) is 29.4 Å². The maximum absolute atomic E-state index is 12.9. The quantitative estimate of drug-likeness (QED) is 0.757. The number of nitrogens with one attached hydrogen (secondary N) is 2. The molecule has 0 radical (unpaired) electrons. The molecule has 1 atom stereocenters. The summed E-state index contributed by atoms with van der Waals surface area (Å²) in [4.78, 5) is 26.2. The van der Waals surface area contributed by atoms with Crippen LogP contribution in [0.25, 0.3) is 0 Å². The molecule has 3 rings (SSSR count). The van der Waals surface area contributed by atoms with Crippen LogP contribution in [0.15, 0.2) is 48.5 Å². The van der Waals surface area contributed by atoms with Crippen LogP contribution in [0, 0.1) is 6.92 Å². The van der Waals surface area contributed by atoms with Crippen molar-refractivity contribution in [2.45, 2.75) is 38.8 Å². The first-order valence-electron chi connectivity index (χ1n) is 9.28. The van der Waals surface area contributed by atoms with E-state index in [0.717, 1.165) is 32.4 Å². The van der Waals surface area contributed by atoms with Crippen molar-refractivity contribution >= 4 is 23.3 Å². The third-order valence-corrected chi connectivity index (χ3v) is 4.78. The Bertz CT molecular complexity index is 821.